The van der Waals surface area contributed by atoms with Crippen LogP contribution >= 0.6 is 0 Å². The van der Waals surface area contributed by atoms with Crippen molar-refractivity contribution in [1.29, 1.82) is 0 Å². The number of aliphatic hydroxyl groups is 1. The second-order valence-electron chi connectivity index (χ2n) is 6.45. The van der Waals surface area contributed by atoms with Crippen LogP contribution in [0.1, 0.15) is 44.6 Å². The fraction of sp³-hybridized carbons (Fsp3) is 0.500. The number of carbonyl (C=O) groups excluding carboxylic acids is 1. The molecule has 1 aromatic carbocycles. The number of hydrogen-bond acceptors (Lipinski definition) is 3. The van der Waals surface area contributed by atoms with Crippen LogP contribution < -0.4 is 5.32 Å². The number of ether oxygens (including phenoxy) is 1. The molecule has 2 aliphatic rings. The molecule has 0 saturated carbocycles. The van der Waals surface area contributed by atoms with E-state index in [1.54, 1.807) is 6.08 Å². The van der Waals surface area contributed by atoms with E-state index >= 15 is 0 Å². The Balaban J connectivity index is 2.04. The van der Waals surface area contributed by atoms with Crippen LogP contribution in [0, 0.1) is 0 Å². The maximum absolute atomic E-state index is 12.7. The van der Waals surface area contributed by atoms with E-state index in [9.17, 15) is 9.90 Å². The summed E-state index contributed by atoms with van der Waals surface area (Å²) in [6, 6.07) is 7.58. The molecule has 0 radical (unpaired) electrons. The molecule has 0 unspecified atom stereocenters. The van der Waals surface area contributed by atoms with E-state index in [0.29, 0.717) is 12.8 Å². The van der Waals surface area contributed by atoms with Crippen molar-refractivity contribution < 1.29 is 14.6 Å². The van der Waals surface area contributed by atoms with E-state index in [2.05, 4.69) is 18.8 Å². The Bertz CT molecular complexity index is 600. The van der Waals surface area contributed by atoms with Crippen LogP contribution in [0.5, 0.6) is 0 Å². The molecule has 22 heavy (non-hydrogen) atoms. The van der Waals surface area contributed by atoms with Crippen LogP contribution in [0.15, 0.2) is 36.9 Å². The Morgan fingerprint density at radius 2 is 2.27 bits per heavy atom. The summed E-state index contributed by atoms with van der Waals surface area (Å²) in [5.74, 6) is -0.169. The summed E-state index contributed by atoms with van der Waals surface area (Å²) >= 11 is 0. The molecule has 0 aliphatic carbocycles. The second-order valence-corrected chi connectivity index (χ2v) is 6.45. The van der Waals surface area contributed by atoms with Crippen molar-refractivity contribution in [1.82, 2.24) is 0 Å². The summed E-state index contributed by atoms with van der Waals surface area (Å²) in [6.07, 6.45) is 4.67. The van der Waals surface area contributed by atoms with Gasteiger partial charge in [-0.15, -0.1) is 6.58 Å². The SMILES string of the molecule is C=CC[C@@]1(O)C[C@H](CCC)O[C@]2(C1)C(=O)Nc1ccccc12. The molecule has 0 aromatic heterocycles. The van der Waals surface area contributed by atoms with E-state index < -0.39 is 11.2 Å². The van der Waals surface area contributed by atoms with Gasteiger partial charge in [-0.2, -0.15) is 0 Å². The highest BCUT2D eigenvalue weighted by Gasteiger charge is 2.56. The molecule has 118 valence electrons. The molecule has 2 aliphatic heterocycles. The Hall–Kier alpha value is -1.65. The highest BCUT2D eigenvalue weighted by molar-refractivity contribution is 6.05. The van der Waals surface area contributed by atoms with Gasteiger partial charge in [0.1, 0.15) is 0 Å². The fourth-order valence-electron chi connectivity index (χ4n) is 3.82. The van der Waals surface area contributed by atoms with E-state index in [1.165, 1.54) is 0 Å². The Kier molecular flexibility index (Phi) is 3.83. The van der Waals surface area contributed by atoms with Crippen molar-refractivity contribution in [2.45, 2.75) is 56.3 Å². The normalized spacial score (nSPS) is 33.5. The van der Waals surface area contributed by atoms with E-state index in [4.69, 9.17) is 4.74 Å². The summed E-state index contributed by atoms with van der Waals surface area (Å²) < 4.78 is 6.25. The highest BCUT2D eigenvalue weighted by atomic mass is 16.5. The first kappa shape index (κ1) is 15.3. The first-order valence-electron chi connectivity index (χ1n) is 7.95. The molecule has 1 aromatic rings. The minimum atomic E-state index is -1.08. The van der Waals surface area contributed by atoms with Gasteiger partial charge in [-0.3, -0.25) is 4.79 Å². The zero-order valence-corrected chi connectivity index (χ0v) is 13.0. The molecule has 3 atom stereocenters. The molecule has 1 saturated heterocycles. The summed E-state index contributed by atoms with van der Waals surface area (Å²) in [7, 11) is 0. The monoisotopic (exact) mass is 301 g/mol. The van der Waals surface area contributed by atoms with Crippen LogP contribution in [0.4, 0.5) is 5.69 Å². The zero-order valence-electron chi connectivity index (χ0n) is 13.0. The average molecular weight is 301 g/mol. The van der Waals surface area contributed by atoms with Crippen LogP contribution in [0.2, 0.25) is 0 Å². The number of carbonyl (C=O) groups is 1. The van der Waals surface area contributed by atoms with Gasteiger partial charge in [0.05, 0.1) is 11.7 Å². The third-order valence-electron chi connectivity index (χ3n) is 4.67. The largest absolute Gasteiger partial charge is 0.389 e. The summed E-state index contributed by atoms with van der Waals surface area (Å²) in [4.78, 5) is 12.7. The fourth-order valence-corrected chi connectivity index (χ4v) is 3.82. The third kappa shape index (κ3) is 2.36. The van der Waals surface area contributed by atoms with E-state index in [1.807, 2.05) is 24.3 Å². The molecule has 1 spiro atoms. The maximum Gasteiger partial charge on any atom is 0.261 e. The number of nitrogens with one attached hydrogen (secondary N) is 1. The molecule has 2 heterocycles. The smallest absolute Gasteiger partial charge is 0.261 e. The molecule has 2 N–H and O–H groups in total. The van der Waals surface area contributed by atoms with Gasteiger partial charge < -0.3 is 15.2 Å². The van der Waals surface area contributed by atoms with Gasteiger partial charge >= 0.3 is 0 Å². The average Bonchev–Trinajstić information content (AvgIpc) is 2.71. The Labute approximate surface area is 131 Å². The minimum absolute atomic E-state index is 0.124. The van der Waals surface area contributed by atoms with Crippen molar-refractivity contribution in [2.24, 2.45) is 0 Å². The van der Waals surface area contributed by atoms with Crippen LogP contribution in [0.3, 0.4) is 0 Å². The number of para-hydroxylation sites is 1. The number of fused-ring (bicyclic) bond motifs is 2. The van der Waals surface area contributed by atoms with Gasteiger partial charge in [-0.25, -0.2) is 0 Å². The molecule has 4 nitrogen and oxygen atoms in total. The Morgan fingerprint density at radius 1 is 1.50 bits per heavy atom. The predicted molar refractivity (Wildman–Crippen MR) is 85.5 cm³/mol. The number of rotatable bonds is 4. The molecule has 1 amide bonds. The highest BCUT2D eigenvalue weighted by Crippen LogP contribution is 2.50. The van der Waals surface area contributed by atoms with Gasteiger partial charge in [0.25, 0.3) is 5.91 Å². The summed E-state index contributed by atoms with van der Waals surface area (Å²) in [6.45, 7) is 5.83. The zero-order chi connectivity index (χ0) is 15.8. The van der Waals surface area contributed by atoms with Crippen LogP contribution in [-0.2, 0) is 15.1 Å². The first-order valence-corrected chi connectivity index (χ1v) is 7.95. The number of hydrogen-bond donors (Lipinski definition) is 2. The topological polar surface area (TPSA) is 58.6 Å². The van der Waals surface area contributed by atoms with Crippen LogP contribution in [-0.4, -0.2) is 22.7 Å². The van der Waals surface area contributed by atoms with Crippen molar-refractivity contribution >= 4 is 11.6 Å². The molecular weight excluding hydrogens is 278 g/mol. The number of amides is 1. The van der Waals surface area contributed by atoms with E-state index in [-0.39, 0.29) is 18.4 Å². The molecule has 0 bridgehead atoms. The van der Waals surface area contributed by atoms with Gasteiger partial charge in [0, 0.05) is 24.1 Å². The van der Waals surface area contributed by atoms with Crippen molar-refractivity contribution in [3.05, 3.63) is 42.5 Å². The lowest BCUT2D eigenvalue weighted by Gasteiger charge is -2.45. The molecule has 1 fully saturated rings. The maximum atomic E-state index is 12.7. The molecule has 4 heteroatoms. The van der Waals surface area contributed by atoms with Gasteiger partial charge in [-0.05, 0) is 18.9 Å². The number of anilines is 1. The lowest BCUT2D eigenvalue weighted by Crippen LogP contribution is -2.53. The predicted octanol–water partition coefficient (Wildman–Crippen LogP) is 3.12. The lowest BCUT2D eigenvalue weighted by atomic mass is 9.75. The molecule has 3 rings (SSSR count). The third-order valence-corrected chi connectivity index (χ3v) is 4.67. The standard InChI is InChI=1S/C18H23NO3/c1-3-7-13-11-17(21,10-4-2)12-18(22-13)14-8-5-6-9-15(14)19-16(18)20/h4-6,8-9,13,21H,2-3,7,10-12H2,1H3,(H,19,20)/t13-,17+,18-/m0/s1. The lowest BCUT2D eigenvalue weighted by molar-refractivity contribution is -0.201. The van der Waals surface area contributed by atoms with Gasteiger partial charge in [0.2, 0.25) is 0 Å². The minimum Gasteiger partial charge on any atom is -0.389 e. The van der Waals surface area contributed by atoms with E-state index in [0.717, 1.165) is 24.1 Å². The van der Waals surface area contributed by atoms with Crippen LogP contribution in [0.25, 0.3) is 0 Å². The van der Waals surface area contributed by atoms with Crippen molar-refractivity contribution in [2.75, 3.05) is 5.32 Å². The summed E-state index contributed by atoms with van der Waals surface area (Å²) in [5, 5.41) is 13.9. The number of benzene rings is 1. The molecular formula is C18H23NO3. The van der Waals surface area contributed by atoms with Crippen molar-refractivity contribution in [3.8, 4) is 0 Å². The van der Waals surface area contributed by atoms with Gasteiger partial charge in [-0.1, -0.05) is 37.6 Å². The van der Waals surface area contributed by atoms with Gasteiger partial charge in [0.15, 0.2) is 5.60 Å². The first-order chi connectivity index (χ1) is 10.5. The van der Waals surface area contributed by atoms with Crippen molar-refractivity contribution in [3.63, 3.8) is 0 Å². The second kappa shape index (κ2) is 5.52. The Morgan fingerprint density at radius 3 is 3.00 bits per heavy atom. The quantitative estimate of drug-likeness (QED) is 0.840. The summed E-state index contributed by atoms with van der Waals surface area (Å²) in [5.41, 5.74) is -0.407.